The van der Waals surface area contributed by atoms with Crippen molar-refractivity contribution in [3.05, 3.63) is 69.4 Å². The van der Waals surface area contributed by atoms with E-state index in [-0.39, 0.29) is 5.56 Å². The molecule has 0 unspecified atom stereocenters. The summed E-state index contributed by atoms with van der Waals surface area (Å²) in [6.45, 7) is 8.83. The molecule has 0 atom stereocenters. The summed E-state index contributed by atoms with van der Waals surface area (Å²) in [7, 11) is 1.74. The number of ether oxygens (including phenoxy) is 1. The van der Waals surface area contributed by atoms with Gasteiger partial charge < -0.3 is 25.7 Å². The van der Waals surface area contributed by atoms with Gasteiger partial charge in [-0.15, -0.1) is 0 Å². The molecule has 1 saturated heterocycles. The van der Waals surface area contributed by atoms with E-state index in [9.17, 15) is 4.79 Å². The van der Waals surface area contributed by atoms with E-state index >= 15 is 0 Å². The minimum absolute atomic E-state index is 0.0780. The highest BCUT2D eigenvalue weighted by molar-refractivity contribution is 6.13. The molecule has 3 aromatic rings. The molecule has 4 rings (SSSR count). The molecule has 0 bridgehead atoms. The molecule has 4 N–H and O–H groups in total. The van der Waals surface area contributed by atoms with Crippen LogP contribution in [0, 0.1) is 13.8 Å². The number of anilines is 2. The summed E-state index contributed by atoms with van der Waals surface area (Å²) in [6.07, 6.45) is 7.16. The molecular formula is C28H36N6O2. The van der Waals surface area contributed by atoms with Crippen LogP contribution < -0.4 is 21.5 Å². The molecule has 2 aromatic heterocycles. The lowest BCUT2D eigenvalue weighted by atomic mass is 9.98. The Morgan fingerprint density at radius 2 is 2.06 bits per heavy atom. The van der Waals surface area contributed by atoms with Crippen molar-refractivity contribution in [3.63, 3.8) is 0 Å². The minimum Gasteiger partial charge on any atom is -0.404 e. The number of aromatic amines is 1. The first-order valence-electron chi connectivity index (χ1n) is 12.5. The summed E-state index contributed by atoms with van der Waals surface area (Å²) in [5.74, 6) is 0.725. The van der Waals surface area contributed by atoms with Gasteiger partial charge in [0.15, 0.2) is 0 Å². The third-order valence-electron chi connectivity index (χ3n) is 6.85. The number of benzene rings is 1. The Bertz CT molecular complexity index is 1340. The standard InChI is InChI=1S/C28H36N6O2/c1-5-34(22-7-10-36-11-8-22)26-14-20(21(15-29)16-30-4)13-24-23(26)6-9-31-27(24)32-17-25-18(2)12-19(3)33-28(25)35/h6,9,12-16,22H,5,7-8,10-11,17,29H2,1-4H3,(H,31,32)(H,33,35). The average molecular weight is 489 g/mol. The summed E-state index contributed by atoms with van der Waals surface area (Å²) in [4.78, 5) is 26.8. The summed E-state index contributed by atoms with van der Waals surface area (Å²) in [5.41, 5.74) is 11.4. The summed E-state index contributed by atoms with van der Waals surface area (Å²) in [5, 5.41) is 5.50. The molecule has 190 valence electrons. The first-order valence-corrected chi connectivity index (χ1v) is 12.5. The number of fused-ring (bicyclic) bond motifs is 1. The van der Waals surface area contributed by atoms with Crippen molar-refractivity contribution in [2.75, 3.05) is 37.0 Å². The van der Waals surface area contributed by atoms with Crippen LogP contribution in [-0.4, -0.2) is 49.0 Å². The van der Waals surface area contributed by atoms with Gasteiger partial charge in [-0.1, -0.05) is 0 Å². The molecule has 0 saturated carbocycles. The van der Waals surface area contributed by atoms with E-state index in [0.29, 0.717) is 18.2 Å². The molecule has 8 nitrogen and oxygen atoms in total. The SMILES string of the molecule is CCN(c1cc(C(C=NC)=CN)cc2c(NCc3c(C)cc(C)[nH]c3=O)nccc12)C1CCOCC1. The number of nitrogens with zero attached hydrogens (tertiary/aromatic N) is 3. The number of nitrogens with one attached hydrogen (secondary N) is 2. The van der Waals surface area contributed by atoms with Crippen molar-refractivity contribution in [3.8, 4) is 0 Å². The lowest BCUT2D eigenvalue weighted by molar-refractivity contribution is 0.0847. The normalized spacial score (nSPS) is 15.1. The maximum Gasteiger partial charge on any atom is 0.253 e. The van der Waals surface area contributed by atoms with Crippen LogP contribution in [0.5, 0.6) is 0 Å². The van der Waals surface area contributed by atoms with Gasteiger partial charge in [0.2, 0.25) is 0 Å². The molecule has 3 heterocycles. The first-order chi connectivity index (χ1) is 17.5. The zero-order valence-electron chi connectivity index (χ0n) is 21.6. The van der Waals surface area contributed by atoms with Gasteiger partial charge in [0, 0.05) is 91.3 Å². The molecule has 1 aliphatic heterocycles. The van der Waals surface area contributed by atoms with Crippen LogP contribution in [-0.2, 0) is 11.3 Å². The van der Waals surface area contributed by atoms with Crippen LogP contribution in [0.15, 0.2) is 46.4 Å². The van der Waals surface area contributed by atoms with E-state index in [1.165, 1.54) is 0 Å². The van der Waals surface area contributed by atoms with Gasteiger partial charge in [-0.05, 0) is 69.0 Å². The predicted molar refractivity (Wildman–Crippen MR) is 149 cm³/mol. The Hall–Kier alpha value is -3.65. The Morgan fingerprint density at radius 3 is 2.72 bits per heavy atom. The fourth-order valence-corrected chi connectivity index (χ4v) is 5.06. The maximum absolute atomic E-state index is 12.6. The van der Waals surface area contributed by atoms with Crippen molar-refractivity contribution in [2.24, 2.45) is 10.7 Å². The van der Waals surface area contributed by atoms with Crippen LogP contribution in [0.2, 0.25) is 0 Å². The van der Waals surface area contributed by atoms with Crippen LogP contribution in [0.3, 0.4) is 0 Å². The Labute approximate surface area is 212 Å². The van der Waals surface area contributed by atoms with Gasteiger partial charge in [0.25, 0.3) is 5.56 Å². The van der Waals surface area contributed by atoms with E-state index in [4.69, 9.17) is 10.5 Å². The van der Waals surface area contributed by atoms with Crippen LogP contribution in [0.1, 0.15) is 42.1 Å². The number of aliphatic imine (C=N–C) groups is 1. The average Bonchev–Trinajstić information content (AvgIpc) is 2.87. The number of aromatic nitrogens is 2. The van der Waals surface area contributed by atoms with E-state index in [0.717, 1.165) is 77.3 Å². The van der Waals surface area contributed by atoms with E-state index < -0.39 is 0 Å². The van der Waals surface area contributed by atoms with Gasteiger partial charge in [-0.25, -0.2) is 4.98 Å². The highest BCUT2D eigenvalue weighted by Gasteiger charge is 2.23. The van der Waals surface area contributed by atoms with Gasteiger partial charge >= 0.3 is 0 Å². The second-order valence-corrected chi connectivity index (χ2v) is 9.19. The quantitative estimate of drug-likeness (QED) is 0.411. The van der Waals surface area contributed by atoms with E-state index in [1.54, 1.807) is 19.5 Å². The molecule has 1 fully saturated rings. The highest BCUT2D eigenvalue weighted by atomic mass is 16.5. The second kappa shape index (κ2) is 11.4. The summed E-state index contributed by atoms with van der Waals surface area (Å²) in [6, 6.07) is 8.73. The summed E-state index contributed by atoms with van der Waals surface area (Å²) >= 11 is 0. The molecule has 1 aromatic carbocycles. The number of H-pyrrole nitrogens is 1. The number of rotatable bonds is 8. The highest BCUT2D eigenvalue weighted by Crippen LogP contribution is 2.36. The van der Waals surface area contributed by atoms with E-state index in [2.05, 4.69) is 50.3 Å². The first kappa shape index (κ1) is 25.4. The van der Waals surface area contributed by atoms with Crippen LogP contribution in [0.4, 0.5) is 11.5 Å². The fraction of sp³-hybridized carbons (Fsp3) is 0.393. The lowest BCUT2D eigenvalue weighted by Gasteiger charge is -2.36. The van der Waals surface area contributed by atoms with Gasteiger partial charge in [0.05, 0.1) is 0 Å². The number of hydrogen-bond acceptors (Lipinski definition) is 7. The molecule has 0 aliphatic carbocycles. The van der Waals surface area contributed by atoms with Crippen molar-refractivity contribution >= 4 is 34.1 Å². The molecular weight excluding hydrogens is 452 g/mol. The zero-order chi connectivity index (χ0) is 25.7. The Morgan fingerprint density at radius 1 is 1.28 bits per heavy atom. The van der Waals surface area contributed by atoms with Gasteiger partial charge in [-0.3, -0.25) is 9.79 Å². The number of aryl methyl sites for hydroxylation is 2. The topological polar surface area (TPSA) is 109 Å². The maximum atomic E-state index is 12.6. The van der Waals surface area contributed by atoms with Crippen LogP contribution in [0.25, 0.3) is 16.3 Å². The van der Waals surface area contributed by atoms with Crippen molar-refractivity contribution in [1.82, 2.24) is 9.97 Å². The smallest absolute Gasteiger partial charge is 0.253 e. The van der Waals surface area contributed by atoms with Gasteiger partial charge in [0.1, 0.15) is 5.82 Å². The Kier molecular flexibility index (Phi) is 8.05. The second-order valence-electron chi connectivity index (χ2n) is 9.19. The van der Waals surface area contributed by atoms with Crippen molar-refractivity contribution in [1.29, 1.82) is 0 Å². The molecule has 0 spiro atoms. The largest absolute Gasteiger partial charge is 0.404 e. The number of nitrogens with two attached hydrogens (primary N) is 1. The molecule has 0 radical (unpaired) electrons. The van der Waals surface area contributed by atoms with Crippen molar-refractivity contribution in [2.45, 2.75) is 46.2 Å². The lowest BCUT2D eigenvalue weighted by Crippen LogP contribution is -2.39. The predicted octanol–water partition coefficient (Wildman–Crippen LogP) is 4.16. The monoisotopic (exact) mass is 488 g/mol. The molecule has 8 heteroatoms. The van der Waals surface area contributed by atoms with Crippen LogP contribution >= 0.6 is 0 Å². The number of allylic oxidation sites excluding steroid dienone is 1. The third-order valence-corrected chi connectivity index (χ3v) is 6.85. The molecule has 0 amide bonds. The zero-order valence-corrected chi connectivity index (χ0v) is 21.6. The third kappa shape index (κ3) is 5.28. The number of pyridine rings is 2. The Balaban J connectivity index is 1.83. The number of hydrogen-bond donors (Lipinski definition) is 3. The molecule has 36 heavy (non-hydrogen) atoms. The van der Waals surface area contributed by atoms with E-state index in [1.807, 2.05) is 26.1 Å². The minimum atomic E-state index is -0.0780. The van der Waals surface area contributed by atoms with Crippen molar-refractivity contribution < 1.29 is 4.74 Å². The van der Waals surface area contributed by atoms with Gasteiger partial charge in [-0.2, -0.15) is 0 Å². The fourth-order valence-electron chi connectivity index (χ4n) is 5.06. The molecule has 1 aliphatic rings. The summed E-state index contributed by atoms with van der Waals surface area (Å²) < 4.78 is 5.63.